The number of anilines is 3. The molecule has 0 aliphatic rings. The summed E-state index contributed by atoms with van der Waals surface area (Å²) in [6, 6.07) is 10.2. The molecule has 0 aliphatic heterocycles. The third-order valence-electron chi connectivity index (χ3n) is 5.22. The molecule has 3 aromatic heterocycles. The lowest BCUT2D eigenvalue weighted by Crippen LogP contribution is -2.44. The first-order valence-electron chi connectivity index (χ1n) is 11.1. The molecule has 2 amide bonds. The molecule has 0 aliphatic carbocycles. The predicted molar refractivity (Wildman–Crippen MR) is 136 cm³/mol. The van der Waals surface area contributed by atoms with E-state index in [1.165, 1.54) is 17.5 Å². The molecular formula is C25H26N6O3S. The lowest BCUT2D eigenvalue weighted by atomic mass is 10.0. The molecule has 0 radical (unpaired) electrons. The van der Waals surface area contributed by atoms with Gasteiger partial charge in [-0.2, -0.15) is 0 Å². The molecule has 0 spiro atoms. The summed E-state index contributed by atoms with van der Waals surface area (Å²) in [5.74, 6) is 0.0748. The van der Waals surface area contributed by atoms with Gasteiger partial charge in [0.25, 0.3) is 5.91 Å². The van der Waals surface area contributed by atoms with E-state index < -0.39 is 6.04 Å². The van der Waals surface area contributed by atoms with Gasteiger partial charge in [-0.05, 0) is 43.5 Å². The van der Waals surface area contributed by atoms with Gasteiger partial charge in [0.15, 0.2) is 10.9 Å². The van der Waals surface area contributed by atoms with Crippen molar-refractivity contribution in [3.8, 4) is 11.3 Å². The zero-order valence-electron chi connectivity index (χ0n) is 19.6. The number of aryl methyl sites for hydroxylation is 1. The van der Waals surface area contributed by atoms with E-state index in [9.17, 15) is 9.59 Å². The van der Waals surface area contributed by atoms with Crippen molar-refractivity contribution >= 4 is 39.7 Å². The number of nitrogens with one attached hydrogen (secondary N) is 3. The Bertz CT molecular complexity index is 1280. The summed E-state index contributed by atoms with van der Waals surface area (Å²) in [5.41, 5.74) is 3.55. The third kappa shape index (κ3) is 6.30. The number of aromatic nitrogens is 3. The Balaban J connectivity index is 1.41. The molecule has 3 heterocycles. The van der Waals surface area contributed by atoms with Crippen LogP contribution in [0, 0.1) is 12.8 Å². The zero-order valence-corrected chi connectivity index (χ0v) is 20.4. The van der Waals surface area contributed by atoms with Crippen LogP contribution in [0.1, 0.15) is 36.4 Å². The Morgan fingerprint density at radius 1 is 1.09 bits per heavy atom. The Morgan fingerprint density at radius 2 is 1.83 bits per heavy atom. The van der Waals surface area contributed by atoms with Crippen LogP contribution in [0.15, 0.2) is 64.9 Å². The first-order chi connectivity index (χ1) is 16.9. The van der Waals surface area contributed by atoms with Crippen LogP contribution in [0.25, 0.3) is 11.3 Å². The summed E-state index contributed by atoms with van der Waals surface area (Å²) in [6.45, 7) is 5.70. The normalized spacial score (nSPS) is 11.8. The van der Waals surface area contributed by atoms with Crippen molar-refractivity contribution in [1.29, 1.82) is 0 Å². The minimum atomic E-state index is -0.697. The van der Waals surface area contributed by atoms with E-state index in [1.807, 2.05) is 43.5 Å². The van der Waals surface area contributed by atoms with Crippen molar-refractivity contribution in [2.45, 2.75) is 33.2 Å². The number of amides is 2. The highest BCUT2D eigenvalue weighted by atomic mass is 32.1. The van der Waals surface area contributed by atoms with Gasteiger partial charge in [0.1, 0.15) is 11.7 Å². The maximum atomic E-state index is 12.9. The molecule has 3 N–H and O–H groups in total. The number of rotatable bonds is 9. The quantitative estimate of drug-likeness (QED) is 0.301. The summed E-state index contributed by atoms with van der Waals surface area (Å²) in [7, 11) is 0. The molecule has 1 aromatic carbocycles. The molecule has 0 unspecified atom stereocenters. The molecule has 1 atom stereocenters. The predicted octanol–water partition coefficient (Wildman–Crippen LogP) is 5.03. The molecule has 4 rings (SSSR count). The van der Waals surface area contributed by atoms with Crippen molar-refractivity contribution in [2.24, 2.45) is 5.92 Å². The summed E-state index contributed by atoms with van der Waals surface area (Å²) in [5, 5.41) is 15.3. The van der Waals surface area contributed by atoms with Crippen molar-refractivity contribution < 1.29 is 14.1 Å². The van der Waals surface area contributed by atoms with Crippen molar-refractivity contribution in [1.82, 2.24) is 20.4 Å². The minimum Gasteiger partial charge on any atom is -0.359 e. The van der Waals surface area contributed by atoms with Gasteiger partial charge in [0, 0.05) is 34.6 Å². The number of benzene rings is 1. The molecule has 0 saturated carbocycles. The monoisotopic (exact) mass is 490 g/mol. The second kappa shape index (κ2) is 10.9. The molecule has 0 fully saturated rings. The Morgan fingerprint density at radius 3 is 2.49 bits per heavy atom. The number of carbonyl (C=O) groups excluding carboxylic acids is 2. The molecular weight excluding hydrogens is 464 g/mol. The number of carbonyl (C=O) groups is 2. The van der Waals surface area contributed by atoms with Crippen molar-refractivity contribution in [3.63, 3.8) is 0 Å². The Labute approximate surface area is 207 Å². The molecule has 10 heteroatoms. The average Bonchev–Trinajstić information content (AvgIpc) is 3.48. The number of thiazole rings is 1. The van der Waals surface area contributed by atoms with E-state index in [1.54, 1.807) is 31.5 Å². The van der Waals surface area contributed by atoms with Crippen LogP contribution < -0.4 is 16.0 Å². The van der Waals surface area contributed by atoms with Gasteiger partial charge in [-0.25, -0.2) is 4.98 Å². The SMILES string of the molecule is Cc1oncc1NC(=O)[C@H](CC(C)C)NC(=O)c1ccc(-c2csc(Nc3ccncc3)n2)cc1. The van der Waals surface area contributed by atoms with Crippen LogP contribution in [0.3, 0.4) is 0 Å². The highest BCUT2D eigenvalue weighted by molar-refractivity contribution is 7.14. The van der Waals surface area contributed by atoms with E-state index in [0.717, 1.165) is 22.1 Å². The Hall–Kier alpha value is -4.05. The fourth-order valence-corrected chi connectivity index (χ4v) is 4.14. The van der Waals surface area contributed by atoms with Gasteiger partial charge in [-0.1, -0.05) is 31.1 Å². The van der Waals surface area contributed by atoms with Crippen LogP contribution in [-0.2, 0) is 4.79 Å². The standard InChI is InChI=1S/C25H26N6O3S/c1-15(2)12-20(24(33)30-21-13-27-34-16(21)3)29-23(32)18-6-4-17(5-7-18)22-14-35-25(31-22)28-19-8-10-26-11-9-19/h4-11,13-15,20H,12H2,1-3H3,(H,29,32)(H,30,33)(H,26,28,31)/t20-/m0/s1. The maximum absolute atomic E-state index is 12.9. The molecule has 4 aromatic rings. The van der Waals surface area contributed by atoms with Crippen LogP contribution in [0.2, 0.25) is 0 Å². The van der Waals surface area contributed by atoms with Gasteiger partial charge in [0.2, 0.25) is 5.91 Å². The topological polar surface area (TPSA) is 122 Å². The number of nitrogens with zero attached hydrogens (tertiary/aromatic N) is 3. The van der Waals surface area contributed by atoms with Crippen LogP contribution in [-0.4, -0.2) is 33.0 Å². The van der Waals surface area contributed by atoms with Gasteiger partial charge < -0.3 is 20.5 Å². The molecule has 35 heavy (non-hydrogen) atoms. The second-order valence-electron chi connectivity index (χ2n) is 8.42. The lowest BCUT2D eigenvalue weighted by Gasteiger charge is -2.20. The molecule has 180 valence electrons. The molecule has 9 nitrogen and oxygen atoms in total. The van der Waals surface area contributed by atoms with Crippen LogP contribution >= 0.6 is 11.3 Å². The fourth-order valence-electron chi connectivity index (χ4n) is 3.40. The summed E-state index contributed by atoms with van der Waals surface area (Å²) >= 11 is 1.49. The maximum Gasteiger partial charge on any atom is 0.251 e. The van der Waals surface area contributed by atoms with Gasteiger partial charge in [-0.15, -0.1) is 11.3 Å². The van der Waals surface area contributed by atoms with Gasteiger partial charge in [-0.3, -0.25) is 14.6 Å². The highest BCUT2D eigenvalue weighted by Crippen LogP contribution is 2.27. The zero-order chi connectivity index (χ0) is 24.8. The second-order valence-corrected chi connectivity index (χ2v) is 9.27. The Kier molecular flexibility index (Phi) is 7.51. The lowest BCUT2D eigenvalue weighted by molar-refractivity contribution is -0.118. The molecule has 0 bridgehead atoms. The van der Waals surface area contributed by atoms with E-state index in [2.05, 4.69) is 31.1 Å². The van der Waals surface area contributed by atoms with E-state index in [0.29, 0.717) is 23.4 Å². The molecule has 0 saturated heterocycles. The largest absolute Gasteiger partial charge is 0.359 e. The van der Waals surface area contributed by atoms with Gasteiger partial charge >= 0.3 is 0 Å². The summed E-state index contributed by atoms with van der Waals surface area (Å²) in [4.78, 5) is 34.4. The van der Waals surface area contributed by atoms with Crippen LogP contribution in [0.4, 0.5) is 16.5 Å². The number of pyridine rings is 1. The van der Waals surface area contributed by atoms with Crippen molar-refractivity contribution in [2.75, 3.05) is 10.6 Å². The summed E-state index contributed by atoms with van der Waals surface area (Å²) in [6.07, 6.45) is 5.36. The number of hydrogen-bond acceptors (Lipinski definition) is 8. The highest BCUT2D eigenvalue weighted by Gasteiger charge is 2.24. The average molecular weight is 491 g/mol. The minimum absolute atomic E-state index is 0.205. The van der Waals surface area contributed by atoms with E-state index in [-0.39, 0.29) is 17.7 Å². The number of hydrogen-bond donors (Lipinski definition) is 3. The smallest absolute Gasteiger partial charge is 0.251 e. The summed E-state index contributed by atoms with van der Waals surface area (Å²) < 4.78 is 4.99. The van der Waals surface area contributed by atoms with E-state index in [4.69, 9.17) is 4.52 Å². The van der Waals surface area contributed by atoms with E-state index >= 15 is 0 Å². The first kappa shape index (κ1) is 24.1. The van der Waals surface area contributed by atoms with Crippen molar-refractivity contribution in [3.05, 3.63) is 71.7 Å². The van der Waals surface area contributed by atoms with Gasteiger partial charge in [0.05, 0.1) is 11.9 Å². The van der Waals surface area contributed by atoms with Crippen LogP contribution in [0.5, 0.6) is 0 Å². The first-order valence-corrected chi connectivity index (χ1v) is 12.0. The third-order valence-corrected chi connectivity index (χ3v) is 5.97. The fraction of sp³-hybridized carbons (Fsp3) is 0.240.